The molecular formula is C11H22O2. The summed E-state index contributed by atoms with van der Waals surface area (Å²) in [6.45, 7) is 2.18. The zero-order valence-corrected chi connectivity index (χ0v) is 8.63. The minimum Gasteiger partial charge on any atom is -0.390 e. The zero-order valence-electron chi connectivity index (χ0n) is 8.63. The molecule has 0 aliphatic heterocycles. The average molecular weight is 186 g/mol. The van der Waals surface area contributed by atoms with E-state index in [2.05, 4.69) is 6.92 Å². The molecule has 1 aliphatic rings. The van der Waals surface area contributed by atoms with E-state index in [0.717, 1.165) is 32.1 Å². The van der Waals surface area contributed by atoms with Crippen molar-refractivity contribution >= 4 is 0 Å². The van der Waals surface area contributed by atoms with Gasteiger partial charge in [0.2, 0.25) is 0 Å². The first-order chi connectivity index (χ1) is 6.19. The quantitative estimate of drug-likeness (QED) is 0.624. The Morgan fingerprint density at radius 3 is 2.38 bits per heavy atom. The number of aliphatic hydroxyl groups excluding tert-OH is 1. The maximum absolute atomic E-state index is 9.79. The van der Waals surface area contributed by atoms with E-state index in [1.54, 1.807) is 0 Å². The SMILES string of the molecule is CCCCCCC(O)C1(O)CCC1. The van der Waals surface area contributed by atoms with Crippen LogP contribution in [0.1, 0.15) is 58.3 Å². The van der Waals surface area contributed by atoms with Crippen molar-refractivity contribution in [2.24, 2.45) is 0 Å². The lowest BCUT2D eigenvalue weighted by molar-refractivity contribution is -0.128. The number of rotatable bonds is 6. The van der Waals surface area contributed by atoms with Gasteiger partial charge in [0.05, 0.1) is 11.7 Å². The van der Waals surface area contributed by atoms with Crippen LogP contribution in [-0.2, 0) is 0 Å². The van der Waals surface area contributed by atoms with Gasteiger partial charge in [0.25, 0.3) is 0 Å². The lowest BCUT2D eigenvalue weighted by Gasteiger charge is -2.40. The van der Waals surface area contributed by atoms with Crippen LogP contribution in [0.3, 0.4) is 0 Å². The monoisotopic (exact) mass is 186 g/mol. The Labute approximate surface area is 81.0 Å². The molecule has 1 saturated carbocycles. The molecule has 2 N–H and O–H groups in total. The molecule has 1 rings (SSSR count). The Morgan fingerprint density at radius 2 is 1.92 bits per heavy atom. The van der Waals surface area contributed by atoms with Crippen LogP contribution < -0.4 is 0 Å². The molecule has 1 unspecified atom stereocenters. The van der Waals surface area contributed by atoms with Crippen molar-refractivity contribution in [2.75, 3.05) is 0 Å². The van der Waals surface area contributed by atoms with Crippen molar-refractivity contribution in [3.05, 3.63) is 0 Å². The smallest absolute Gasteiger partial charge is 0.0905 e. The maximum atomic E-state index is 9.79. The second kappa shape index (κ2) is 4.97. The third kappa shape index (κ3) is 2.96. The molecule has 0 bridgehead atoms. The molecule has 0 spiro atoms. The molecule has 1 fully saturated rings. The van der Waals surface area contributed by atoms with Crippen LogP contribution in [0.4, 0.5) is 0 Å². The normalized spacial score (nSPS) is 22.4. The van der Waals surface area contributed by atoms with Crippen LogP contribution in [0.2, 0.25) is 0 Å². The molecule has 0 aromatic rings. The fourth-order valence-electron chi connectivity index (χ4n) is 1.91. The predicted molar refractivity (Wildman–Crippen MR) is 53.6 cm³/mol. The Hall–Kier alpha value is -0.0800. The van der Waals surface area contributed by atoms with Gasteiger partial charge < -0.3 is 10.2 Å². The number of hydrogen-bond donors (Lipinski definition) is 2. The maximum Gasteiger partial charge on any atom is 0.0905 e. The fourth-order valence-corrected chi connectivity index (χ4v) is 1.91. The summed E-state index contributed by atoms with van der Waals surface area (Å²) in [6, 6.07) is 0. The molecule has 1 aliphatic carbocycles. The fraction of sp³-hybridized carbons (Fsp3) is 1.00. The van der Waals surface area contributed by atoms with Gasteiger partial charge in [0.15, 0.2) is 0 Å². The van der Waals surface area contributed by atoms with E-state index >= 15 is 0 Å². The topological polar surface area (TPSA) is 40.5 Å². The van der Waals surface area contributed by atoms with Crippen molar-refractivity contribution in [2.45, 2.75) is 70.0 Å². The van der Waals surface area contributed by atoms with E-state index in [0.29, 0.717) is 0 Å². The van der Waals surface area contributed by atoms with Gasteiger partial charge in [-0.2, -0.15) is 0 Å². The van der Waals surface area contributed by atoms with Crippen LogP contribution >= 0.6 is 0 Å². The molecule has 0 radical (unpaired) electrons. The number of aliphatic hydroxyl groups is 2. The summed E-state index contributed by atoms with van der Waals surface area (Å²) in [6.07, 6.45) is 7.66. The average Bonchev–Trinajstić information content (AvgIpc) is 2.08. The number of hydrogen-bond acceptors (Lipinski definition) is 2. The van der Waals surface area contributed by atoms with Crippen molar-refractivity contribution in [3.63, 3.8) is 0 Å². The lowest BCUT2D eigenvalue weighted by Crippen LogP contribution is -2.48. The molecule has 1 atom stereocenters. The van der Waals surface area contributed by atoms with Crippen LogP contribution in [-0.4, -0.2) is 21.9 Å². The summed E-state index contributed by atoms with van der Waals surface area (Å²) >= 11 is 0. The van der Waals surface area contributed by atoms with Crippen LogP contribution in [0, 0.1) is 0 Å². The molecule has 0 aromatic carbocycles. The van der Waals surface area contributed by atoms with Gasteiger partial charge in [-0.25, -0.2) is 0 Å². The van der Waals surface area contributed by atoms with Crippen LogP contribution in [0.5, 0.6) is 0 Å². The van der Waals surface area contributed by atoms with Crippen molar-refractivity contribution in [3.8, 4) is 0 Å². The highest BCUT2D eigenvalue weighted by molar-refractivity contribution is 4.93. The highest BCUT2D eigenvalue weighted by atomic mass is 16.3. The van der Waals surface area contributed by atoms with Crippen LogP contribution in [0.15, 0.2) is 0 Å². The predicted octanol–water partition coefficient (Wildman–Crippen LogP) is 2.23. The first kappa shape index (κ1) is 11.0. The van der Waals surface area contributed by atoms with Gasteiger partial charge in [-0.1, -0.05) is 32.6 Å². The van der Waals surface area contributed by atoms with E-state index in [4.69, 9.17) is 0 Å². The molecule has 0 aromatic heterocycles. The van der Waals surface area contributed by atoms with Gasteiger partial charge >= 0.3 is 0 Å². The first-order valence-corrected chi connectivity index (χ1v) is 5.59. The largest absolute Gasteiger partial charge is 0.390 e. The van der Waals surface area contributed by atoms with Crippen molar-refractivity contribution in [1.82, 2.24) is 0 Å². The van der Waals surface area contributed by atoms with E-state index in [1.165, 1.54) is 19.3 Å². The van der Waals surface area contributed by atoms with E-state index < -0.39 is 11.7 Å². The molecule has 0 heterocycles. The molecular weight excluding hydrogens is 164 g/mol. The zero-order chi connectivity index (χ0) is 9.73. The molecule has 0 amide bonds. The van der Waals surface area contributed by atoms with Gasteiger partial charge in [0.1, 0.15) is 0 Å². The highest BCUT2D eigenvalue weighted by Gasteiger charge is 2.40. The summed E-state index contributed by atoms with van der Waals surface area (Å²) in [5.41, 5.74) is -0.716. The Bertz CT molecular complexity index is 141. The molecule has 13 heavy (non-hydrogen) atoms. The Balaban J connectivity index is 2.06. The lowest BCUT2D eigenvalue weighted by atomic mass is 9.75. The Morgan fingerprint density at radius 1 is 1.23 bits per heavy atom. The minimum absolute atomic E-state index is 0.474. The third-order valence-corrected chi connectivity index (χ3v) is 3.17. The highest BCUT2D eigenvalue weighted by Crippen LogP contribution is 2.36. The van der Waals surface area contributed by atoms with Gasteiger partial charge in [-0.05, 0) is 25.7 Å². The van der Waals surface area contributed by atoms with E-state index in [1.807, 2.05) is 0 Å². The second-order valence-corrected chi connectivity index (χ2v) is 4.32. The summed E-state index contributed by atoms with van der Waals surface area (Å²) in [5, 5.41) is 19.5. The molecule has 0 saturated heterocycles. The number of unbranched alkanes of at least 4 members (excludes halogenated alkanes) is 3. The summed E-state index contributed by atoms with van der Waals surface area (Å²) in [4.78, 5) is 0. The van der Waals surface area contributed by atoms with Crippen molar-refractivity contribution in [1.29, 1.82) is 0 Å². The third-order valence-electron chi connectivity index (χ3n) is 3.17. The van der Waals surface area contributed by atoms with Crippen LogP contribution in [0.25, 0.3) is 0 Å². The van der Waals surface area contributed by atoms with Gasteiger partial charge in [0, 0.05) is 0 Å². The molecule has 2 nitrogen and oxygen atoms in total. The standard InChI is InChI=1S/C11H22O2/c1-2-3-4-5-7-10(12)11(13)8-6-9-11/h10,12-13H,2-9H2,1H3. The summed E-state index contributed by atoms with van der Waals surface area (Å²) in [5.74, 6) is 0. The summed E-state index contributed by atoms with van der Waals surface area (Å²) < 4.78 is 0. The van der Waals surface area contributed by atoms with Gasteiger partial charge in [-0.3, -0.25) is 0 Å². The molecule has 78 valence electrons. The molecule has 2 heteroatoms. The second-order valence-electron chi connectivity index (χ2n) is 4.32. The minimum atomic E-state index is -0.716. The van der Waals surface area contributed by atoms with Gasteiger partial charge in [-0.15, -0.1) is 0 Å². The summed E-state index contributed by atoms with van der Waals surface area (Å²) in [7, 11) is 0. The van der Waals surface area contributed by atoms with Crippen molar-refractivity contribution < 1.29 is 10.2 Å². The van der Waals surface area contributed by atoms with E-state index in [-0.39, 0.29) is 0 Å². The van der Waals surface area contributed by atoms with E-state index in [9.17, 15) is 10.2 Å². The Kier molecular flexibility index (Phi) is 4.20. The first-order valence-electron chi connectivity index (χ1n) is 5.59.